The van der Waals surface area contributed by atoms with Crippen LogP contribution in [0.25, 0.3) is 0 Å². The van der Waals surface area contributed by atoms with E-state index in [-0.39, 0.29) is 0 Å². The second kappa shape index (κ2) is 43.3. The topological polar surface area (TPSA) is 12.0 Å². The highest BCUT2D eigenvalue weighted by Gasteiger charge is 1.96. The highest BCUT2D eigenvalue weighted by molar-refractivity contribution is 4.88. The summed E-state index contributed by atoms with van der Waals surface area (Å²) in [6.07, 6.45) is 63.5. The van der Waals surface area contributed by atoms with Gasteiger partial charge in [-0.05, 0) is 38.1 Å². The summed E-state index contributed by atoms with van der Waals surface area (Å²) >= 11 is 0. The van der Waals surface area contributed by atoms with Crippen molar-refractivity contribution >= 4 is 0 Å². The molecule has 45 heavy (non-hydrogen) atoms. The van der Waals surface area contributed by atoms with Gasteiger partial charge in [-0.1, -0.05) is 244 Å². The van der Waals surface area contributed by atoms with Crippen molar-refractivity contribution in [3.63, 3.8) is 0 Å². The first-order chi connectivity index (χ1) is 22.4. The normalized spacial score (nSPS) is 11.9. The van der Waals surface area contributed by atoms with Crippen LogP contribution in [0.15, 0.2) is 24.6 Å². The SMILES string of the molecule is CCCCCCCCCCCCCCCCCCCCC=CNC=CCCCCCCCCCCCCCCCCCCCC. The van der Waals surface area contributed by atoms with E-state index < -0.39 is 0 Å². The molecule has 0 aliphatic heterocycles. The van der Waals surface area contributed by atoms with Gasteiger partial charge in [0.05, 0.1) is 0 Å². The molecule has 0 aromatic rings. The molecule has 0 fully saturated rings. The average Bonchev–Trinajstić information content (AvgIpc) is 3.05. The van der Waals surface area contributed by atoms with Crippen molar-refractivity contribution in [3.05, 3.63) is 24.6 Å². The Morgan fingerprint density at radius 2 is 0.422 bits per heavy atom. The van der Waals surface area contributed by atoms with Gasteiger partial charge in [0.1, 0.15) is 0 Å². The molecule has 1 N–H and O–H groups in total. The van der Waals surface area contributed by atoms with E-state index in [0.717, 1.165) is 0 Å². The molecule has 0 atom stereocenters. The van der Waals surface area contributed by atoms with Crippen LogP contribution in [-0.2, 0) is 0 Å². The van der Waals surface area contributed by atoms with Crippen LogP contribution in [0, 0.1) is 0 Å². The molecule has 0 aliphatic carbocycles. The summed E-state index contributed by atoms with van der Waals surface area (Å²) in [6.45, 7) is 4.61. The number of hydrogen-bond acceptors (Lipinski definition) is 1. The molecule has 0 aromatic carbocycles. The highest BCUT2D eigenvalue weighted by atomic mass is 14.8. The van der Waals surface area contributed by atoms with Gasteiger partial charge in [0.25, 0.3) is 0 Å². The molecule has 0 rings (SSSR count). The Morgan fingerprint density at radius 1 is 0.244 bits per heavy atom. The summed E-state index contributed by atoms with van der Waals surface area (Å²) in [5.41, 5.74) is 0. The van der Waals surface area contributed by atoms with Crippen molar-refractivity contribution in [3.8, 4) is 0 Å². The van der Waals surface area contributed by atoms with E-state index in [1.54, 1.807) is 0 Å². The molecule has 0 aromatic heterocycles. The zero-order chi connectivity index (χ0) is 32.4. The van der Waals surface area contributed by atoms with Crippen LogP contribution in [0.5, 0.6) is 0 Å². The molecule has 0 radical (unpaired) electrons. The summed E-state index contributed by atoms with van der Waals surface area (Å²) < 4.78 is 0. The summed E-state index contributed by atoms with van der Waals surface area (Å²) in [6, 6.07) is 0. The fourth-order valence-corrected chi connectivity index (χ4v) is 6.69. The van der Waals surface area contributed by atoms with Crippen molar-refractivity contribution in [2.75, 3.05) is 0 Å². The van der Waals surface area contributed by atoms with Gasteiger partial charge in [0.15, 0.2) is 0 Å². The zero-order valence-corrected chi connectivity index (χ0v) is 31.7. The fourth-order valence-electron chi connectivity index (χ4n) is 6.69. The van der Waals surface area contributed by atoms with Crippen LogP contribution >= 0.6 is 0 Å². The van der Waals surface area contributed by atoms with Crippen molar-refractivity contribution < 1.29 is 0 Å². The molecular weight excluding hydrogens is 542 g/mol. The summed E-state index contributed by atoms with van der Waals surface area (Å²) in [4.78, 5) is 0. The van der Waals surface area contributed by atoms with E-state index in [1.165, 1.54) is 244 Å². The van der Waals surface area contributed by atoms with Gasteiger partial charge < -0.3 is 5.32 Å². The third-order valence-electron chi connectivity index (χ3n) is 9.88. The van der Waals surface area contributed by atoms with E-state index >= 15 is 0 Å². The van der Waals surface area contributed by atoms with Gasteiger partial charge in [0, 0.05) is 0 Å². The molecule has 1 nitrogen and oxygen atoms in total. The number of hydrogen-bond donors (Lipinski definition) is 1. The summed E-state index contributed by atoms with van der Waals surface area (Å²) in [5, 5.41) is 3.34. The number of unbranched alkanes of at least 4 members (excludes halogenated alkanes) is 36. The third-order valence-corrected chi connectivity index (χ3v) is 9.88. The minimum Gasteiger partial charge on any atom is -0.368 e. The minimum atomic E-state index is 1.22. The molecule has 0 saturated carbocycles. The number of allylic oxidation sites excluding steroid dienone is 2. The first-order valence-corrected chi connectivity index (χ1v) is 21.5. The summed E-state index contributed by atoms with van der Waals surface area (Å²) in [7, 11) is 0. The van der Waals surface area contributed by atoms with Gasteiger partial charge in [-0.25, -0.2) is 0 Å². The Kier molecular flexibility index (Phi) is 42.6. The predicted octanol–water partition coefficient (Wildman–Crippen LogP) is 16.5. The van der Waals surface area contributed by atoms with Crippen molar-refractivity contribution in [2.45, 2.75) is 258 Å². The second-order valence-electron chi connectivity index (χ2n) is 14.6. The quantitative estimate of drug-likeness (QED) is 0.0665. The zero-order valence-electron chi connectivity index (χ0n) is 31.7. The second-order valence-corrected chi connectivity index (χ2v) is 14.6. The Labute approximate surface area is 287 Å². The molecule has 0 saturated heterocycles. The molecule has 0 heterocycles. The van der Waals surface area contributed by atoms with Gasteiger partial charge in [-0.2, -0.15) is 0 Å². The Hall–Kier alpha value is -0.720. The molecule has 0 bridgehead atoms. The molecule has 1 heteroatoms. The van der Waals surface area contributed by atoms with Crippen LogP contribution in [0.4, 0.5) is 0 Å². The minimum absolute atomic E-state index is 1.22. The lowest BCUT2D eigenvalue weighted by Crippen LogP contribution is -1.91. The van der Waals surface area contributed by atoms with Gasteiger partial charge >= 0.3 is 0 Å². The van der Waals surface area contributed by atoms with Crippen LogP contribution in [0.1, 0.15) is 258 Å². The third kappa shape index (κ3) is 43.3. The average molecular weight is 630 g/mol. The first-order valence-electron chi connectivity index (χ1n) is 21.5. The van der Waals surface area contributed by atoms with E-state index in [2.05, 4.69) is 43.7 Å². The van der Waals surface area contributed by atoms with Crippen molar-refractivity contribution in [1.29, 1.82) is 0 Å². The molecule has 0 aliphatic rings. The molecule has 0 spiro atoms. The van der Waals surface area contributed by atoms with Gasteiger partial charge in [0.2, 0.25) is 0 Å². The predicted molar refractivity (Wildman–Crippen MR) is 208 cm³/mol. The highest BCUT2D eigenvalue weighted by Crippen LogP contribution is 2.16. The molecule has 268 valence electrons. The van der Waals surface area contributed by atoms with Gasteiger partial charge in [-0.3, -0.25) is 0 Å². The largest absolute Gasteiger partial charge is 0.368 e. The Bertz CT molecular complexity index is 501. The maximum atomic E-state index is 3.34. The maximum Gasteiger partial charge on any atom is -0.00358 e. The lowest BCUT2D eigenvalue weighted by Gasteiger charge is -2.03. The lowest BCUT2D eigenvalue weighted by atomic mass is 10.0. The number of rotatable bonds is 40. The molecule has 0 amide bonds. The van der Waals surface area contributed by atoms with Crippen LogP contribution < -0.4 is 5.32 Å². The number of nitrogens with one attached hydrogen (secondary N) is 1. The van der Waals surface area contributed by atoms with E-state index in [9.17, 15) is 0 Å². The lowest BCUT2D eigenvalue weighted by molar-refractivity contribution is 0.525. The van der Waals surface area contributed by atoms with Gasteiger partial charge in [-0.15, -0.1) is 0 Å². The van der Waals surface area contributed by atoms with E-state index in [1.807, 2.05) is 0 Å². The van der Waals surface area contributed by atoms with Crippen LogP contribution in [0.2, 0.25) is 0 Å². The Balaban J connectivity index is 3.14. The molecule has 0 unspecified atom stereocenters. The van der Waals surface area contributed by atoms with Crippen molar-refractivity contribution in [2.24, 2.45) is 0 Å². The smallest absolute Gasteiger partial charge is 0.00358 e. The van der Waals surface area contributed by atoms with Crippen LogP contribution in [0.3, 0.4) is 0 Å². The maximum absolute atomic E-state index is 3.34. The standard InChI is InChI=1S/C44H87N/c1-3-5-7-9-11-13-15-17-19-21-23-25-27-29-31-33-35-37-39-41-43-45-44-42-40-38-36-34-32-30-28-26-24-22-20-18-16-14-12-10-8-6-4-2/h41-45H,3-40H2,1-2H3. The van der Waals surface area contributed by atoms with E-state index in [4.69, 9.17) is 0 Å². The molecular formula is C44H87N. The van der Waals surface area contributed by atoms with Crippen molar-refractivity contribution in [1.82, 2.24) is 5.32 Å². The van der Waals surface area contributed by atoms with Crippen LogP contribution in [-0.4, -0.2) is 0 Å². The summed E-state index contributed by atoms with van der Waals surface area (Å²) in [5.74, 6) is 0. The van der Waals surface area contributed by atoms with E-state index in [0.29, 0.717) is 0 Å². The fraction of sp³-hybridized carbons (Fsp3) is 0.909. The Morgan fingerprint density at radius 3 is 0.622 bits per heavy atom. The monoisotopic (exact) mass is 630 g/mol. The first kappa shape index (κ1) is 44.3.